The lowest BCUT2D eigenvalue weighted by Gasteiger charge is -2.41. The van der Waals surface area contributed by atoms with E-state index < -0.39 is 6.04 Å². The molecule has 3 aromatic rings. The number of halogens is 1. The lowest BCUT2D eigenvalue weighted by atomic mass is 9.92. The number of carbonyl (C=O) groups is 2. The van der Waals surface area contributed by atoms with Gasteiger partial charge in [0.25, 0.3) is 5.91 Å². The molecule has 2 aromatic carbocycles. The number of nitrogens with zero attached hydrogens (tertiary/aromatic N) is 3. The van der Waals surface area contributed by atoms with Crippen LogP contribution in [0.3, 0.4) is 0 Å². The molecule has 6 nitrogen and oxygen atoms in total. The van der Waals surface area contributed by atoms with Gasteiger partial charge in [0.05, 0.1) is 6.26 Å². The molecular weight excluding hydrogens is 438 g/mol. The molecule has 170 valence electrons. The summed E-state index contributed by atoms with van der Waals surface area (Å²) in [4.78, 5) is 32.7. The van der Waals surface area contributed by atoms with Crippen LogP contribution >= 0.6 is 11.6 Å². The third-order valence-electron chi connectivity index (χ3n) is 6.53. The molecule has 1 aromatic heterocycles. The van der Waals surface area contributed by atoms with Gasteiger partial charge in [-0.3, -0.25) is 14.5 Å². The van der Waals surface area contributed by atoms with Gasteiger partial charge in [-0.15, -0.1) is 0 Å². The van der Waals surface area contributed by atoms with Gasteiger partial charge in [-0.1, -0.05) is 48.0 Å². The molecule has 2 aliphatic rings. The number of fused-ring (bicyclic) bond motifs is 1. The van der Waals surface area contributed by atoms with E-state index in [2.05, 4.69) is 4.90 Å². The molecule has 33 heavy (non-hydrogen) atoms. The van der Waals surface area contributed by atoms with E-state index in [9.17, 15) is 9.59 Å². The van der Waals surface area contributed by atoms with Gasteiger partial charge in [-0.2, -0.15) is 0 Å². The van der Waals surface area contributed by atoms with Gasteiger partial charge in [0, 0.05) is 50.7 Å². The molecule has 7 heteroatoms. The molecule has 0 bridgehead atoms. The van der Waals surface area contributed by atoms with Crippen LogP contribution in [-0.2, 0) is 24.3 Å². The summed E-state index contributed by atoms with van der Waals surface area (Å²) in [6.07, 6.45) is 2.01. The number of rotatable bonds is 4. The van der Waals surface area contributed by atoms with Crippen LogP contribution in [-0.4, -0.2) is 58.7 Å². The van der Waals surface area contributed by atoms with Crippen LogP contribution in [0.2, 0.25) is 5.02 Å². The summed E-state index contributed by atoms with van der Waals surface area (Å²) >= 11 is 5.99. The minimum absolute atomic E-state index is 0.00977. The van der Waals surface area contributed by atoms with Crippen LogP contribution in [0.25, 0.3) is 0 Å². The maximum Gasteiger partial charge on any atom is 0.290 e. The lowest BCUT2D eigenvalue weighted by molar-refractivity contribution is -0.138. The predicted molar refractivity (Wildman–Crippen MR) is 126 cm³/mol. The SMILES string of the molecule is O=C(C1Cc2ccccc2CN1C(=O)c1ccco1)N1CCN(Cc2ccc(Cl)cc2)CC1. The van der Waals surface area contributed by atoms with Gasteiger partial charge in [0.15, 0.2) is 5.76 Å². The summed E-state index contributed by atoms with van der Waals surface area (Å²) in [5.41, 5.74) is 3.41. The topological polar surface area (TPSA) is 57.0 Å². The number of carbonyl (C=O) groups excluding carboxylic acids is 2. The molecule has 0 spiro atoms. The Hall–Kier alpha value is -3.09. The minimum Gasteiger partial charge on any atom is -0.459 e. The first-order valence-electron chi connectivity index (χ1n) is 11.3. The highest BCUT2D eigenvalue weighted by molar-refractivity contribution is 6.30. The van der Waals surface area contributed by atoms with E-state index in [0.717, 1.165) is 35.8 Å². The van der Waals surface area contributed by atoms with Gasteiger partial charge >= 0.3 is 0 Å². The number of piperazine rings is 1. The second-order valence-corrected chi connectivity index (χ2v) is 9.06. The highest BCUT2D eigenvalue weighted by Crippen LogP contribution is 2.27. The van der Waals surface area contributed by atoms with Gasteiger partial charge in [0.2, 0.25) is 5.91 Å². The summed E-state index contributed by atoms with van der Waals surface area (Å²) in [5.74, 6) is 0.0322. The third-order valence-corrected chi connectivity index (χ3v) is 6.78. The van der Waals surface area contributed by atoms with Crippen molar-refractivity contribution in [3.05, 3.63) is 94.4 Å². The maximum atomic E-state index is 13.6. The van der Waals surface area contributed by atoms with E-state index in [1.54, 1.807) is 17.0 Å². The zero-order chi connectivity index (χ0) is 22.8. The van der Waals surface area contributed by atoms with Crippen molar-refractivity contribution in [3.63, 3.8) is 0 Å². The Morgan fingerprint density at radius 3 is 2.33 bits per heavy atom. The lowest BCUT2D eigenvalue weighted by Crippen LogP contribution is -2.57. The molecule has 5 rings (SSSR count). The number of hydrogen-bond acceptors (Lipinski definition) is 4. The molecule has 3 heterocycles. The Morgan fingerprint density at radius 2 is 1.64 bits per heavy atom. The van der Waals surface area contributed by atoms with E-state index >= 15 is 0 Å². The molecule has 0 N–H and O–H groups in total. The second kappa shape index (κ2) is 9.41. The number of furan rings is 1. The summed E-state index contributed by atoms with van der Waals surface area (Å²) in [5, 5.41) is 0.733. The highest BCUT2D eigenvalue weighted by Gasteiger charge is 2.38. The van der Waals surface area contributed by atoms with Crippen molar-refractivity contribution in [1.82, 2.24) is 14.7 Å². The van der Waals surface area contributed by atoms with Crippen LogP contribution in [0.4, 0.5) is 0 Å². The number of hydrogen-bond donors (Lipinski definition) is 0. The Morgan fingerprint density at radius 1 is 0.909 bits per heavy atom. The normalized spacial score (nSPS) is 18.8. The third kappa shape index (κ3) is 4.68. The molecule has 2 aliphatic heterocycles. The van der Waals surface area contributed by atoms with Crippen molar-refractivity contribution < 1.29 is 14.0 Å². The monoisotopic (exact) mass is 463 g/mol. The molecule has 0 radical (unpaired) electrons. The molecular formula is C26H26ClN3O3. The van der Waals surface area contributed by atoms with Crippen LogP contribution in [0.15, 0.2) is 71.3 Å². The van der Waals surface area contributed by atoms with E-state index in [1.165, 1.54) is 11.8 Å². The molecule has 1 saturated heterocycles. The molecule has 1 fully saturated rings. The first kappa shape index (κ1) is 21.7. The molecule has 2 amide bonds. The zero-order valence-corrected chi connectivity index (χ0v) is 19.1. The summed E-state index contributed by atoms with van der Waals surface area (Å²) < 4.78 is 5.36. The highest BCUT2D eigenvalue weighted by atomic mass is 35.5. The maximum absolute atomic E-state index is 13.6. The fourth-order valence-electron chi connectivity index (χ4n) is 4.68. The first-order chi connectivity index (χ1) is 16.1. The van der Waals surface area contributed by atoms with Gasteiger partial charge in [-0.25, -0.2) is 0 Å². The van der Waals surface area contributed by atoms with Crippen molar-refractivity contribution in [3.8, 4) is 0 Å². The van der Waals surface area contributed by atoms with Crippen molar-refractivity contribution in [1.29, 1.82) is 0 Å². The Kier molecular flexibility index (Phi) is 6.20. The van der Waals surface area contributed by atoms with E-state index in [0.29, 0.717) is 26.1 Å². The summed E-state index contributed by atoms with van der Waals surface area (Å²) in [6, 6.07) is 18.7. The average Bonchev–Trinajstić information content (AvgIpc) is 3.39. The number of amides is 2. The smallest absolute Gasteiger partial charge is 0.290 e. The van der Waals surface area contributed by atoms with E-state index in [4.69, 9.17) is 16.0 Å². The summed E-state index contributed by atoms with van der Waals surface area (Å²) in [6.45, 7) is 4.12. The quantitative estimate of drug-likeness (QED) is 0.590. The van der Waals surface area contributed by atoms with Crippen molar-refractivity contribution >= 4 is 23.4 Å². The predicted octanol–water partition coefficient (Wildman–Crippen LogP) is 3.84. The van der Waals surface area contributed by atoms with Gasteiger partial charge < -0.3 is 14.2 Å². The second-order valence-electron chi connectivity index (χ2n) is 8.63. The summed E-state index contributed by atoms with van der Waals surface area (Å²) in [7, 11) is 0. The van der Waals surface area contributed by atoms with Crippen molar-refractivity contribution in [2.75, 3.05) is 26.2 Å². The minimum atomic E-state index is -0.527. The van der Waals surface area contributed by atoms with E-state index in [1.807, 2.05) is 53.4 Å². The number of benzene rings is 2. The van der Waals surface area contributed by atoms with Crippen molar-refractivity contribution in [2.45, 2.75) is 25.6 Å². The standard InChI is InChI=1S/C26H26ClN3O3/c27-22-9-7-19(8-10-22)17-28-11-13-29(14-12-28)25(31)23-16-20-4-1-2-5-21(20)18-30(23)26(32)24-6-3-15-33-24/h1-10,15,23H,11-14,16-18H2. The van der Waals surface area contributed by atoms with Gasteiger partial charge in [-0.05, 0) is 41.0 Å². The molecule has 1 unspecified atom stereocenters. The molecule has 1 atom stereocenters. The van der Waals surface area contributed by atoms with Crippen molar-refractivity contribution in [2.24, 2.45) is 0 Å². The average molecular weight is 464 g/mol. The molecule has 0 saturated carbocycles. The largest absolute Gasteiger partial charge is 0.459 e. The fraction of sp³-hybridized carbons (Fsp3) is 0.308. The van der Waals surface area contributed by atoms with Crippen LogP contribution in [0.1, 0.15) is 27.2 Å². The van der Waals surface area contributed by atoms with Crippen LogP contribution in [0.5, 0.6) is 0 Å². The Balaban J connectivity index is 1.29. The Bertz CT molecular complexity index is 1120. The zero-order valence-electron chi connectivity index (χ0n) is 18.3. The molecule has 0 aliphatic carbocycles. The van der Waals surface area contributed by atoms with E-state index in [-0.39, 0.29) is 17.6 Å². The Labute approximate surface area is 198 Å². The first-order valence-corrected chi connectivity index (χ1v) is 11.6. The van der Waals surface area contributed by atoms with Gasteiger partial charge in [0.1, 0.15) is 6.04 Å². The van der Waals surface area contributed by atoms with Crippen LogP contribution in [0, 0.1) is 0 Å². The fourth-order valence-corrected chi connectivity index (χ4v) is 4.81. The van der Waals surface area contributed by atoms with Crippen LogP contribution < -0.4 is 0 Å².